The first-order valence-corrected chi connectivity index (χ1v) is 6.42. The first-order chi connectivity index (χ1) is 8.16. The molecule has 0 bridgehead atoms. The van der Waals surface area contributed by atoms with Crippen LogP contribution < -0.4 is 13.9 Å². The molecule has 0 aliphatic heterocycles. The predicted molar refractivity (Wildman–Crippen MR) is 61.7 cm³/mol. The van der Waals surface area contributed by atoms with Gasteiger partial charge >= 0.3 is 24.9 Å². The van der Waals surface area contributed by atoms with Gasteiger partial charge in [0, 0.05) is 0 Å². The average Bonchev–Trinajstić information content (AvgIpc) is 2.30. The smallest absolute Gasteiger partial charge is 0.736 e. The van der Waals surface area contributed by atoms with Crippen LogP contribution in [-0.2, 0) is 21.6 Å². The number of hydrogen-bond donors (Lipinski definition) is 0. The average molecular weight is 305 g/mol. The van der Waals surface area contributed by atoms with Crippen LogP contribution in [0.5, 0.6) is 11.5 Å². The molecule has 2 aromatic carbocycles. The zero-order valence-electron chi connectivity index (χ0n) is 9.21. The molecule has 4 nitrogen and oxygen atoms in total. The van der Waals surface area contributed by atoms with Crippen molar-refractivity contribution in [3.63, 3.8) is 0 Å². The van der Waals surface area contributed by atoms with Crippen LogP contribution in [0.3, 0.4) is 0 Å². The Bertz CT molecular complexity index is 473. The van der Waals surface area contributed by atoms with Gasteiger partial charge in [-0.3, -0.25) is 0 Å². The molecule has 18 heavy (non-hydrogen) atoms. The standard InChI is InChI=1S/C12H11O4P.Fe/c13-17(14,15-11-7-3-1-4-8-11)16-12-9-5-2-6-10-12;/h1-10H,(H,13,14);/q;+2/p-1. The van der Waals surface area contributed by atoms with E-state index in [1.807, 2.05) is 0 Å². The molecule has 0 saturated carbocycles. The van der Waals surface area contributed by atoms with Gasteiger partial charge in [-0.15, -0.1) is 0 Å². The zero-order chi connectivity index (χ0) is 12.1. The Balaban J connectivity index is 0.00000162. The third-order valence-corrected chi connectivity index (χ3v) is 2.79. The summed E-state index contributed by atoms with van der Waals surface area (Å²) in [4.78, 5) is 11.6. The number of rotatable bonds is 4. The molecule has 0 aliphatic carbocycles. The van der Waals surface area contributed by atoms with Gasteiger partial charge in [0.25, 0.3) is 0 Å². The minimum absolute atomic E-state index is 0. The summed E-state index contributed by atoms with van der Waals surface area (Å²) >= 11 is 0. The minimum Gasteiger partial charge on any atom is -0.736 e. The molecule has 0 atom stereocenters. The maximum absolute atomic E-state index is 11.6. The van der Waals surface area contributed by atoms with E-state index in [2.05, 4.69) is 0 Å². The topological polar surface area (TPSA) is 58.6 Å². The molecule has 0 spiro atoms. The van der Waals surface area contributed by atoms with Crippen molar-refractivity contribution in [3.8, 4) is 11.5 Å². The Morgan fingerprint density at radius 2 is 1.11 bits per heavy atom. The van der Waals surface area contributed by atoms with E-state index in [0.29, 0.717) is 0 Å². The molecule has 0 N–H and O–H groups in total. The van der Waals surface area contributed by atoms with Crippen molar-refractivity contribution in [2.24, 2.45) is 0 Å². The zero-order valence-corrected chi connectivity index (χ0v) is 11.2. The van der Waals surface area contributed by atoms with E-state index in [4.69, 9.17) is 9.05 Å². The van der Waals surface area contributed by atoms with Gasteiger partial charge in [-0.25, -0.2) is 4.57 Å². The molecule has 6 heteroatoms. The maximum Gasteiger partial charge on any atom is 2.00 e. The molecule has 0 amide bonds. The van der Waals surface area contributed by atoms with Gasteiger partial charge < -0.3 is 13.9 Å². The minimum atomic E-state index is -4.39. The van der Waals surface area contributed by atoms with E-state index >= 15 is 0 Å². The summed E-state index contributed by atoms with van der Waals surface area (Å²) in [5.41, 5.74) is 0. The summed E-state index contributed by atoms with van der Waals surface area (Å²) in [5, 5.41) is 0. The fraction of sp³-hybridized carbons (Fsp3) is 0. The summed E-state index contributed by atoms with van der Waals surface area (Å²) in [5.74, 6) is 0.448. The van der Waals surface area contributed by atoms with Crippen molar-refractivity contribution < 1.29 is 35.6 Å². The Kier molecular flexibility index (Phi) is 5.45. The Morgan fingerprint density at radius 3 is 1.44 bits per heavy atom. The molecule has 0 unspecified atom stereocenters. The second-order valence-electron chi connectivity index (χ2n) is 3.26. The first-order valence-electron chi connectivity index (χ1n) is 4.96. The van der Waals surface area contributed by atoms with Gasteiger partial charge in [0.2, 0.25) is 0 Å². The van der Waals surface area contributed by atoms with Crippen molar-refractivity contribution in [1.29, 1.82) is 0 Å². The predicted octanol–water partition coefficient (Wildman–Crippen LogP) is 2.61. The molecule has 0 saturated heterocycles. The number of phosphoric acid groups is 1. The molecule has 94 valence electrons. The summed E-state index contributed by atoms with van der Waals surface area (Å²) in [6.45, 7) is 0. The molecular formula is C12H10FeO4P+. The van der Waals surface area contributed by atoms with Crippen LogP contribution in [0.2, 0.25) is 0 Å². The fourth-order valence-electron chi connectivity index (χ4n) is 1.24. The van der Waals surface area contributed by atoms with Gasteiger partial charge in [0.1, 0.15) is 11.5 Å². The number of phosphoric ester groups is 1. The molecule has 0 aliphatic rings. The molecule has 0 heterocycles. The normalized spacial score (nSPS) is 10.3. The van der Waals surface area contributed by atoms with E-state index in [0.717, 1.165) is 0 Å². The number of benzene rings is 2. The van der Waals surface area contributed by atoms with Gasteiger partial charge in [-0.05, 0) is 24.3 Å². The number of hydrogen-bond acceptors (Lipinski definition) is 4. The Labute approximate surface area is 116 Å². The van der Waals surface area contributed by atoms with Crippen molar-refractivity contribution in [3.05, 3.63) is 60.7 Å². The van der Waals surface area contributed by atoms with Gasteiger partial charge in [0.15, 0.2) is 0 Å². The number of para-hydroxylation sites is 2. The first kappa shape index (κ1) is 14.8. The molecule has 0 aromatic heterocycles. The van der Waals surface area contributed by atoms with Crippen molar-refractivity contribution in [2.75, 3.05) is 0 Å². The second-order valence-corrected chi connectivity index (χ2v) is 4.52. The maximum atomic E-state index is 11.6. The third-order valence-electron chi connectivity index (χ3n) is 1.92. The van der Waals surface area contributed by atoms with Gasteiger partial charge in [-0.2, -0.15) is 0 Å². The molecule has 0 radical (unpaired) electrons. The SMILES string of the molecule is O=P([O-])(Oc1ccccc1)Oc1ccccc1.[Fe+2]. The molecule has 0 fully saturated rings. The summed E-state index contributed by atoms with van der Waals surface area (Å²) < 4.78 is 21.1. The molecule has 2 aromatic rings. The van der Waals surface area contributed by atoms with Crippen molar-refractivity contribution >= 4 is 7.82 Å². The van der Waals surface area contributed by atoms with E-state index in [9.17, 15) is 9.46 Å². The van der Waals surface area contributed by atoms with Crippen LogP contribution in [0.4, 0.5) is 0 Å². The summed E-state index contributed by atoms with van der Waals surface area (Å²) in [6.07, 6.45) is 0. The van der Waals surface area contributed by atoms with E-state index < -0.39 is 7.82 Å². The van der Waals surface area contributed by atoms with Crippen LogP contribution in [-0.4, -0.2) is 0 Å². The van der Waals surface area contributed by atoms with Crippen LogP contribution in [0.1, 0.15) is 0 Å². The monoisotopic (exact) mass is 305 g/mol. The van der Waals surface area contributed by atoms with Gasteiger partial charge in [-0.1, -0.05) is 36.4 Å². The van der Waals surface area contributed by atoms with E-state index in [1.54, 1.807) is 60.7 Å². The Morgan fingerprint density at radius 1 is 0.778 bits per heavy atom. The van der Waals surface area contributed by atoms with E-state index in [-0.39, 0.29) is 28.6 Å². The summed E-state index contributed by atoms with van der Waals surface area (Å²) in [7, 11) is -4.39. The quantitative estimate of drug-likeness (QED) is 0.643. The Hall–Kier alpha value is -1.25. The van der Waals surface area contributed by atoms with Crippen LogP contribution in [0, 0.1) is 0 Å². The van der Waals surface area contributed by atoms with Crippen LogP contribution >= 0.6 is 7.82 Å². The molecular weight excluding hydrogens is 295 g/mol. The largest absolute Gasteiger partial charge is 2.00 e. The van der Waals surface area contributed by atoms with Crippen LogP contribution in [0.25, 0.3) is 0 Å². The van der Waals surface area contributed by atoms with E-state index in [1.165, 1.54) is 0 Å². The van der Waals surface area contributed by atoms with Crippen LogP contribution in [0.15, 0.2) is 60.7 Å². The third kappa shape index (κ3) is 4.55. The molecule has 2 rings (SSSR count). The van der Waals surface area contributed by atoms with Crippen molar-refractivity contribution in [2.45, 2.75) is 0 Å². The van der Waals surface area contributed by atoms with Crippen molar-refractivity contribution in [1.82, 2.24) is 0 Å². The van der Waals surface area contributed by atoms with Gasteiger partial charge in [0.05, 0.1) is 0 Å². The fourth-order valence-corrected chi connectivity index (χ4v) is 2.04. The second kappa shape index (κ2) is 6.62. The summed E-state index contributed by atoms with van der Waals surface area (Å²) in [6, 6.07) is 16.4.